The lowest BCUT2D eigenvalue weighted by molar-refractivity contribution is 0.102. The Morgan fingerprint density at radius 3 is 2.54 bits per heavy atom. The number of carbonyl (C=O) groups is 1. The molecule has 1 aromatic carbocycles. The first-order chi connectivity index (χ1) is 12.4. The van der Waals surface area contributed by atoms with E-state index < -0.39 is 11.2 Å². The smallest absolute Gasteiger partial charge is 0.332 e. The second kappa shape index (κ2) is 7.19. The van der Waals surface area contributed by atoms with Crippen molar-refractivity contribution in [2.24, 2.45) is 0 Å². The van der Waals surface area contributed by atoms with Crippen LogP contribution >= 0.6 is 22.9 Å². The highest BCUT2D eigenvalue weighted by atomic mass is 35.5. The standard InChI is InChI=1S/C18H17ClN2O4S/c1-10-14-16(24)20(7-8-22)18(25)21(17(14)26-15(10)11(2)23)9-12-5-3-4-6-13(12)19/h3-6,22H,7-9H2,1-2H3. The molecule has 1 N–H and O–H groups in total. The summed E-state index contributed by atoms with van der Waals surface area (Å²) in [5.74, 6) is -0.159. The molecule has 0 saturated heterocycles. The number of aryl methyl sites for hydroxylation is 1. The lowest BCUT2D eigenvalue weighted by Crippen LogP contribution is -2.40. The molecular weight excluding hydrogens is 376 g/mol. The molecule has 0 bridgehead atoms. The van der Waals surface area contributed by atoms with E-state index in [4.69, 9.17) is 11.6 Å². The van der Waals surface area contributed by atoms with Gasteiger partial charge in [-0.1, -0.05) is 29.8 Å². The number of aliphatic hydroxyl groups excluding tert-OH is 1. The molecule has 0 radical (unpaired) electrons. The van der Waals surface area contributed by atoms with Gasteiger partial charge in [-0.05, 0) is 31.0 Å². The number of nitrogens with zero attached hydrogens (tertiary/aromatic N) is 2. The van der Waals surface area contributed by atoms with Crippen LogP contribution in [0.1, 0.15) is 27.7 Å². The maximum atomic E-state index is 12.9. The summed E-state index contributed by atoms with van der Waals surface area (Å²) in [6.07, 6.45) is 0. The number of hydrogen-bond acceptors (Lipinski definition) is 5. The Hall–Kier alpha value is -2.22. The largest absolute Gasteiger partial charge is 0.395 e. The maximum absolute atomic E-state index is 12.9. The summed E-state index contributed by atoms with van der Waals surface area (Å²) in [6.45, 7) is 2.85. The van der Waals surface area contributed by atoms with Crippen molar-refractivity contribution >= 4 is 38.9 Å². The van der Waals surface area contributed by atoms with Gasteiger partial charge < -0.3 is 5.11 Å². The van der Waals surface area contributed by atoms with Crippen LogP contribution in [0.15, 0.2) is 33.9 Å². The van der Waals surface area contributed by atoms with E-state index in [-0.39, 0.29) is 25.5 Å². The molecule has 0 aliphatic carbocycles. The van der Waals surface area contributed by atoms with E-state index in [9.17, 15) is 19.5 Å². The molecule has 8 heteroatoms. The number of aliphatic hydroxyl groups is 1. The van der Waals surface area contributed by atoms with Gasteiger partial charge in [0.05, 0.1) is 30.0 Å². The van der Waals surface area contributed by atoms with Gasteiger partial charge in [-0.15, -0.1) is 11.3 Å². The van der Waals surface area contributed by atoms with Crippen molar-refractivity contribution in [2.75, 3.05) is 6.61 Å². The number of hydrogen-bond donors (Lipinski definition) is 1. The number of ketones is 1. The van der Waals surface area contributed by atoms with Crippen LogP contribution in [-0.4, -0.2) is 26.6 Å². The Bertz CT molecular complexity index is 1130. The molecule has 0 atom stereocenters. The molecule has 2 heterocycles. The monoisotopic (exact) mass is 392 g/mol. The van der Waals surface area contributed by atoms with Gasteiger partial charge in [0, 0.05) is 5.02 Å². The SMILES string of the molecule is CC(=O)c1sc2c(c1C)c(=O)n(CCO)c(=O)n2Cc1ccccc1Cl. The van der Waals surface area contributed by atoms with Crippen molar-refractivity contribution in [3.05, 3.63) is 66.1 Å². The number of carbonyl (C=O) groups excluding carboxylic acids is 1. The maximum Gasteiger partial charge on any atom is 0.332 e. The highest BCUT2D eigenvalue weighted by Crippen LogP contribution is 2.29. The first-order valence-electron chi connectivity index (χ1n) is 7.98. The van der Waals surface area contributed by atoms with Crippen LogP contribution in [0.3, 0.4) is 0 Å². The Labute approximate surface area is 157 Å². The average molecular weight is 393 g/mol. The summed E-state index contributed by atoms with van der Waals surface area (Å²) >= 11 is 7.36. The van der Waals surface area contributed by atoms with Gasteiger partial charge in [-0.3, -0.25) is 18.7 Å². The highest BCUT2D eigenvalue weighted by Gasteiger charge is 2.21. The number of Topliss-reactive ketones (excluding diaryl/α,β-unsaturated/α-hetero) is 1. The second-order valence-corrected chi connectivity index (χ2v) is 7.34. The van der Waals surface area contributed by atoms with E-state index in [1.165, 1.54) is 11.5 Å². The van der Waals surface area contributed by atoms with Gasteiger partial charge in [0.15, 0.2) is 5.78 Å². The fourth-order valence-corrected chi connectivity index (χ4v) is 4.35. The van der Waals surface area contributed by atoms with Gasteiger partial charge >= 0.3 is 5.69 Å². The zero-order chi connectivity index (χ0) is 19.0. The fourth-order valence-electron chi connectivity index (χ4n) is 2.96. The first-order valence-corrected chi connectivity index (χ1v) is 9.18. The number of rotatable bonds is 5. The minimum Gasteiger partial charge on any atom is -0.395 e. The van der Waals surface area contributed by atoms with E-state index in [0.29, 0.717) is 25.7 Å². The molecule has 0 saturated carbocycles. The summed E-state index contributed by atoms with van der Waals surface area (Å²) in [6, 6.07) is 7.13. The number of thiophene rings is 1. The molecular formula is C18H17ClN2O4S. The van der Waals surface area contributed by atoms with Crippen LogP contribution in [0.5, 0.6) is 0 Å². The predicted molar refractivity (Wildman–Crippen MR) is 103 cm³/mol. The average Bonchev–Trinajstić information content (AvgIpc) is 2.94. The zero-order valence-corrected chi connectivity index (χ0v) is 15.9. The minimum absolute atomic E-state index is 0.110. The van der Waals surface area contributed by atoms with Crippen LogP contribution in [-0.2, 0) is 13.1 Å². The van der Waals surface area contributed by atoms with E-state index in [1.54, 1.807) is 25.1 Å². The molecule has 3 rings (SSSR count). The van der Waals surface area contributed by atoms with Gasteiger partial charge in [-0.25, -0.2) is 4.79 Å². The minimum atomic E-state index is -0.534. The number of fused-ring (bicyclic) bond motifs is 1. The third-order valence-electron chi connectivity index (χ3n) is 4.22. The number of aromatic nitrogens is 2. The molecule has 136 valence electrons. The van der Waals surface area contributed by atoms with Crippen LogP contribution in [0.25, 0.3) is 10.2 Å². The Morgan fingerprint density at radius 1 is 1.23 bits per heavy atom. The van der Waals surface area contributed by atoms with Crippen molar-refractivity contribution in [3.8, 4) is 0 Å². The molecule has 0 aliphatic rings. The third kappa shape index (κ3) is 3.02. The van der Waals surface area contributed by atoms with Crippen molar-refractivity contribution in [2.45, 2.75) is 26.9 Å². The third-order valence-corrected chi connectivity index (χ3v) is 6.01. The Kier molecular flexibility index (Phi) is 5.13. The summed E-state index contributed by atoms with van der Waals surface area (Å²) in [7, 11) is 0. The number of halogens is 1. The highest BCUT2D eigenvalue weighted by molar-refractivity contribution is 7.20. The van der Waals surface area contributed by atoms with E-state index in [0.717, 1.165) is 21.5 Å². The van der Waals surface area contributed by atoms with Crippen molar-refractivity contribution in [1.29, 1.82) is 0 Å². The Morgan fingerprint density at radius 2 is 1.92 bits per heavy atom. The van der Waals surface area contributed by atoms with Crippen molar-refractivity contribution in [3.63, 3.8) is 0 Å². The molecule has 0 amide bonds. The molecule has 0 unspecified atom stereocenters. The quantitative estimate of drug-likeness (QED) is 0.676. The van der Waals surface area contributed by atoms with Crippen molar-refractivity contribution in [1.82, 2.24) is 9.13 Å². The van der Waals surface area contributed by atoms with Crippen LogP contribution < -0.4 is 11.2 Å². The zero-order valence-electron chi connectivity index (χ0n) is 14.3. The molecule has 2 aromatic heterocycles. The lowest BCUT2D eigenvalue weighted by Gasteiger charge is -2.12. The molecule has 26 heavy (non-hydrogen) atoms. The first kappa shape index (κ1) is 18.6. The second-order valence-electron chi connectivity index (χ2n) is 5.93. The molecule has 0 fully saturated rings. The van der Waals surface area contributed by atoms with E-state index in [1.807, 2.05) is 6.07 Å². The summed E-state index contributed by atoms with van der Waals surface area (Å²) < 4.78 is 2.44. The summed E-state index contributed by atoms with van der Waals surface area (Å²) in [5.41, 5.74) is 0.257. The number of benzene rings is 1. The lowest BCUT2D eigenvalue weighted by atomic mass is 10.1. The van der Waals surface area contributed by atoms with Gasteiger partial charge in [0.1, 0.15) is 4.83 Å². The van der Waals surface area contributed by atoms with Gasteiger partial charge in [-0.2, -0.15) is 0 Å². The van der Waals surface area contributed by atoms with E-state index in [2.05, 4.69) is 0 Å². The van der Waals surface area contributed by atoms with Gasteiger partial charge in [0.25, 0.3) is 5.56 Å². The molecule has 0 aliphatic heterocycles. The fraction of sp³-hybridized carbons (Fsp3) is 0.278. The topological polar surface area (TPSA) is 81.3 Å². The van der Waals surface area contributed by atoms with Crippen molar-refractivity contribution < 1.29 is 9.90 Å². The molecule has 3 aromatic rings. The predicted octanol–water partition coefficient (Wildman–Crippen LogP) is 2.43. The molecule has 6 nitrogen and oxygen atoms in total. The normalized spacial score (nSPS) is 11.2. The molecule has 0 spiro atoms. The van der Waals surface area contributed by atoms with Crippen LogP contribution in [0.4, 0.5) is 0 Å². The summed E-state index contributed by atoms with van der Waals surface area (Å²) in [5, 5.41) is 10.1. The summed E-state index contributed by atoms with van der Waals surface area (Å²) in [4.78, 5) is 38.5. The van der Waals surface area contributed by atoms with Gasteiger partial charge in [0.2, 0.25) is 0 Å². The van der Waals surface area contributed by atoms with Crippen LogP contribution in [0.2, 0.25) is 5.02 Å². The van der Waals surface area contributed by atoms with Crippen LogP contribution in [0, 0.1) is 6.92 Å². The Balaban J connectivity index is 2.38. The van der Waals surface area contributed by atoms with E-state index >= 15 is 0 Å².